The van der Waals surface area contributed by atoms with Crippen molar-refractivity contribution >= 4 is 40.5 Å². The smallest absolute Gasteiger partial charge is 0.271 e. The SMILES string of the molecule is CCOc1c(Cl)cc(Cl)cc1C(=O)Nc1cccc([N+](=O)[O-])c1. The number of nitrogens with zero attached hydrogens (tertiary/aromatic N) is 1. The molecule has 2 aromatic rings. The number of carbonyl (C=O) groups excluding carboxylic acids is 1. The van der Waals surface area contributed by atoms with Crippen LogP contribution in [0.4, 0.5) is 11.4 Å². The van der Waals surface area contributed by atoms with E-state index in [0.29, 0.717) is 6.61 Å². The first-order valence-corrected chi connectivity index (χ1v) is 7.35. The van der Waals surface area contributed by atoms with Crippen LogP contribution in [0.5, 0.6) is 5.75 Å². The minimum atomic E-state index is -0.544. The predicted molar refractivity (Wildman–Crippen MR) is 88.7 cm³/mol. The Balaban J connectivity index is 2.34. The summed E-state index contributed by atoms with van der Waals surface area (Å²) in [6.07, 6.45) is 0. The minimum Gasteiger partial charge on any atom is -0.491 e. The van der Waals surface area contributed by atoms with Crippen LogP contribution in [0.3, 0.4) is 0 Å². The third-order valence-electron chi connectivity index (χ3n) is 2.86. The van der Waals surface area contributed by atoms with E-state index < -0.39 is 10.8 Å². The van der Waals surface area contributed by atoms with Crippen molar-refractivity contribution in [2.45, 2.75) is 6.92 Å². The molecule has 0 aromatic heterocycles. The summed E-state index contributed by atoms with van der Waals surface area (Å²) in [6, 6.07) is 8.49. The van der Waals surface area contributed by atoms with Crippen LogP contribution in [0, 0.1) is 10.1 Å². The number of hydrogen-bond donors (Lipinski definition) is 1. The molecular formula is C15H12Cl2N2O4. The maximum atomic E-state index is 12.4. The Labute approximate surface area is 142 Å². The molecule has 0 heterocycles. The van der Waals surface area contributed by atoms with Crippen LogP contribution in [0.15, 0.2) is 36.4 Å². The molecule has 0 radical (unpaired) electrons. The Morgan fingerprint density at radius 3 is 2.70 bits per heavy atom. The first kappa shape index (κ1) is 17.1. The molecule has 0 unspecified atom stereocenters. The maximum Gasteiger partial charge on any atom is 0.271 e. The molecule has 2 aromatic carbocycles. The second kappa shape index (κ2) is 7.30. The molecule has 0 bridgehead atoms. The average molecular weight is 355 g/mol. The molecule has 0 spiro atoms. The summed E-state index contributed by atoms with van der Waals surface area (Å²) in [5.41, 5.74) is 0.301. The maximum absolute atomic E-state index is 12.4. The third-order valence-corrected chi connectivity index (χ3v) is 3.36. The number of non-ortho nitro benzene ring substituents is 1. The monoisotopic (exact) mass is 354 g/mol. The van der Waals surface area contributed by atoms with Crippen LogP contribution in [0.2, 0.25) is 10.0 Å². The molecule has 0 aliphatic carbocycles. The highest BCUT2D eigenvalue weighted by Crippen LogP contribution is 2.33. The Morgan fingerprint density at radius 2 is 2.04 bits per heavy atom. The summed E-state index contributed by atoms with van der Waals surface area (Å²) >= 11 is 12.0. The lowest BCUT2D eigenvalue weighted by atomic mass is 10.1. The molecule has 0 aliphatic heterocycles. The first-order chi connectivity index (χ1) is 10.9. The standard InChI is InChI=1S/C15H12Cl2N2O4/c1-2-23-14-12(6-9(16)7-13(14)17)15(20)18-10-4-3-5-11(8-10)19(21)22/h3-8H,2H2,1H3,(H,18,20). The highest BCUT2D eigenvalue weighted by molar-refractivity contribution is 6.36. The highest BCUT2D eigenvalue weighted by atomic mass is 35.5. The van der Waals surface area contributed by atoms with Gasteiger partial charge >= 0.3 is 0 Å². The lowest BCUT2D eigenvalue weighted by molar-refractivity contribution is -0.384. The van der Waals surface area contributed by atoms with Crippen molar-refractivity contribution in [1.29, 1.82) is 0 Å². The Morgan fingerprint density at radius 1 is 1.30 bits per heavy atom. The highest BCUT2D eigenvalue weighted by Gasteiger charge is 2.18. The van der Waals surface area contributed by atoms with E-state index in [1.165, 1.54) is 36.4 Å². The van der Waals surface area contributed by atoms with Gasteiger partial charge in [-0.1, -0.05) is 29.3 Å². The van der Waals surface area contributed by atoms with Gasteiger partial charge in [0.2, 0.25) is 0 Å². The molecule has 1 amide bonds. The lowest BCUT2D eigenvalue weighted by Gasteiger charge is -2.12. The van der Waals surface area contributed by atoms with Gasteiger partial charge in [-0.15, -0.1) is 0 Å². The van der Waals surface area contributed by atoms with Crippen molar-refractivity contribution in [1.82, 2.24) is 0 Å². The zero-order valence-corrected chi connectivity index (χ0v) is 13.5. The van der Waals surface area contributed by atoms with E-state index in [1.54, 1.807) is 6.92 Å². The molecule has 120 valence electrons. The van der Waals surface area contributed by atoms with Crippen molar-refractivity contribution < 1.29 is 14.5 Å². The topological polar surface area (TPSA) is 81.5 Å². The zero-order valence-electron chi connectivity index (χ0n) is 12.0. The van der Waals surface area contributed by atoms with Crippen molar-refractivity contribution in [2.75, 3.05) is 11.9 Å². The fraction of sp³-hybridized carbons (Fsp3) is 0.133. The summed E-state index contributed by atoms with van der Waals surface area (Å²) in [6.45, 7) is 2.08. The summed E-state index contributed by atoms with van der Waals surface area (Å²) in [5.74, 6) is -0.320. The molecule has 2 rings (SSSR count). The van der Waals surface area contributed by atoms with E-state index in [-0.39, 0.29) is 32.7 Å². The van der Waals surface area contributed by atoms with Gasteiger partial charge in [-0.25, -0.2) is 0 Å². The fourth-order valence-corrected chi connectivity index (χ4v) is 2.46. The molecular weight excluding hydrogens is 343 g/mol. The van der Waals surface area contributed by atoms with Gasteiger partial charge in [0.15, 0.2) is 5.75 Å². The third kappa shape index (κ3) is 4.12. The molecule has 0 aliphatic rings. The molecule has 1 N–H and O–H groups in total. The molecule has 0 atom stereocenters. The number of benzene rings is 2. The quantitative estimate of drug-likeness (QED) is 0.630. The number of nitrogens with one attached hydrogen (secondary N) is 1. The molecule has 23 heavy (non-hydrogen) atoms. The van der Waals surface area contributed by atoms with Gasteiger partial charge in [0.05, 0.1) is 22.1 Å². The second-order valence-corrected chi connectivity index (χ2v) is 5.30. The van der Waals surface area contributed by atoms with Gasteiger partial charge in [0.1, 0.15) is 0 Å². The summed E-state index contributed by atoms with van der Waals surface area (Å²) < 4.78 is 5.38. The number of carbonyl (C=O) groups is 1. The minimum absolute atomic E-state index is 0.128. The van der Waals surface area contributed by atoms with E-state index in [9.17, 15) is 14.9 Å². The van der Waals surface area contributed by atoms with Crippen LogP contribution in [0.25, 0.3) is 0 Å². The lowest BCUT2D eigenvalue weighted by Crippen LogP contribution is -2.14. The molecule has 0 saturated carbocycles. The molecule has 8 heteroatoms. The van der Waals surface area contributed by atoms with E-state index in [1.807, 2.05) is 0 Å². The fourth-order valence-electron chi connectivity index (χ4n) is 1.92. The second-order valence-electron chi connectivity index (χ2n) is 4.46. The van der Waals surface area contributed by atoms with Crippen LogP contribution < -0.4 is 10.1 Å². The zero-order chi connectivity index (χ0) is 17.0. The Hall–Kier alpha value is -2.31. The molecule has 0 saturated heterocycles. The number of hydrogen-bond acceptors (Lipinski definition) is 4. The van der Waals surface area contributed by atoms with Gasteiger partial charge in [-0.3, -0.25) is 14.9 Å². The number of halogens is 2. The number of anilines is 1. The number of nitro benzene ring substituents is 1. The normalized spacial score (nSPS) is 10.2. The van der Waals surface area contributed by atoms with Gasteiger partial charge in [0, 0.05) is 22.8 Å². The summed E-state index contributed by atoms with van der Waals surface area (Å²) in [7, 11) is 0. The number of rotatable bonds is 5. The Kier molecular flexibility index (Phi) is 5.41. The van der Waals surface area contributed by atoms with Gasteiger partial charge < -0.3 is 10.1 Å². The van der Waals surface area contributed by atoms with Crippen LogP contribution in [-0.2, 0) is 0 Å². The van der Waals surface area contributed by atoms with E-state index in [4.69, 9.17) is 27.9 Å². The Bertz CT molecular complexity index is 765. The largest absolute Gasteiger partial charge is 0.491 e. The van der Waals surface area contributed by atoms with Crippen molar-refractivity contribution in [3.05, 3.63) is 62.1 Å². The van der Waals surface area contributed by atoms with Crippen LogP contribution in [0.1, 0.15) is 17.3 Å². The predicted octanol–water partition coefficient (Wildman–Crippen LogP) is 4.55. The van der Waals surface area contributed by atoms with E-state index in [2.05, 4.69) is 5.32 Å². The van der Waals surface area contributed by atoms with Crippen LogP contribution >= 0.6 is 23.2 Å². The number of ether oxygens (including phenoxy) is 1. The van der Waals surface area contributed by atoms with Crippen molar-refractivity contribution in [3.8, 4) is 5.75 Å². The van der Waals surface area contributed by atoms with Gasteiger partial charge in [0.25, 0.3) is 11.6 Å². The summed E-state index contributed by atoms with van der Waals surface area (Å²) in [4.78, 5) is 22.6. The first-order valence-electron chi connectivity index (χ1n) is 6.60. The number of nitro groups is 1. The van der Waals surface area contributed by atoms with Crippen LogP contribution in [-0.4, -0.2) is 17.4 Å². The molecule has 0 fully saturated rings. The van der Waals surface area contributed by atoms with Crippen molar-refractivity contribution in [3.63, 3.8) is 0 Å². The van der Waals surface area contributed by atoms with E-state index in [0.717, 1.165) is 0 Å². The number of amides is 1. The van der Waals surface area contributed by atoms with E-state index >= 15 is 0 Å². The van der Waals surface area contributed by atoms with Crippen molar-refractivity contribution in [2.24, 2.45) is 0 Å². The average Bonchev–Trinajstić information content (AvgIpc) is 2.50. The molecule has 6 nitrogen and oxygen atoms in total. The summed E-state index contributed by atoms with van der Waals surface area (Å²) in [5, 5.41) is 13.8. The van der Waals surface area contributed by atoms with Gasteiger partial charge in [-0.2, -0.15) is 0 Å². The van der Waals surface area contributed by atoms with Gasteiger partial charge in [-0.05, 0) is 25.1 Å².